The van der Waals surface area contributed by atoms with Crippen molar-refractivity contribution >= 4 is 12.1 Å². The second-order valence-electron chi connectivity index (χ2n) is 3.13. The molecule has 0 saturated carbocycles. The molecule has 3 nitrogen and oxygen atoms in total. The normalized spacial score (nSPS) is 13.8. The third-order valence-electron chi connectivity index (χ3n) is 1.97. The van der Waals surface area contributed by atoms with Crippen molar-refractivity contribution in [1.82, 2.24) is 5.01 Å². The minimum absolute atomic E-state index is 0.890. The largest absolute Gasteiger partial charge is 0.255 e. The van der Waals surface area contributed by atoms with E-state index in [1.54, 1.807) is 11.2 Å². The van der Waals surface area contributed by atoms with E-state index >= 15 is 0 Å². The zero-order chi connectivity index (χ0) is 11.0. The van der Waals surface area contributed by atoms with Crippen LogP contribution in [0.2, 0.25) is 0 Å². The van der Waals surface area contributed by atoms with Crippen molar-refractivity contribution in [1.29, 1.82) is 0 Å². The fourth-order valence-electron chi connectivity index (χ4n) is 0.920. The second-order valence-corrected chi connectivity index (χ2v) is 3.13. The summed E-state index contributed by atoms with van der Waals surface area (Å²) >= 11 is 0. The van der Waals surface area contributed by atoms with Gasteiger partial charge in [0.25, 0.3) is 0 Å². The predicted octanol–water partition coefficient (Wildman–Crippen LogP) is 3.05. The molecular weight excluding hydrogens is 174 g/mol. The number of hydrazone groups is 1. The maximum atomic E-state index is 4.40. The van der Waals surface area contributed by atoms with Crippen LogP contribution in [-0.4, -0.2) is 24.1 Å². The van der Waals surface area contributed by atoms with Crippen molar-refractivity contribution in [2.45, 2.75) is 40.5 Å². The summed E-state index contributed by atoms with van der Waals surface area (Å²) in [4.78, 5) is 4.40. The van der Waals surface area contributed by atoms with E-state index in [1.165, 1.54) is 5.57 Å². The molecular formula is C11H21N3. The maximum absolute atomic E-state index is 4.40. The molecule has 0 heterocycles. The summed E-state index contributed by atoms with van der Waals surface area (Å²) in [7, 11) is 1.91. The van der Waals surface area contributed by atoms with Crippen LogP contribution in [0, 0.1) is 0 Å². The molecule has 0 aliphatic carbocycles. The molecule has 0 fully saturated rings. The Kier molecular flexibility index (Phi) is 6.72. The van der Waals surface area contributed by atoms with E-state index in [1.807, 2.05) is 20.2 Å². The van der Waals surface area contributed by atoms with Crippen molar-refractivity contribution in [3.8, 4) is 0 Å². The third kappa shape index (κ3) is 4.80. The average Bonchev–Trinajstić information content (AvgIpc) is 2.18. The van der Waals surface area contributed by atoms with Crippen molar-refractivity contribution in [2.75, 3.05) is 7.05 Å². The monoisotopic (exact) mass is 195 g/mol. The van der Waals surface area contributed by atoms with Crippen LogP contribution in [-0.2, 0) is 0 Å². The molecule has 0 aliphatic rings. The third-order valence-corrected chi connectivity index (χ3v) is 1.97. The van der Waals surface area contributed by atoms with Gasteiger partial charge in [-0.3, -0.25) is 5.01 Å². The molecule has 0 bridgehead atoms. The van der Waals surface area contributed by atoms with Gasteiger partial charge in [0.2, 0.25) is 0 Å². The molecule has 0 amide bonds. The molecule has 0 spiro atoms. The highest BCUT2D eigenvalue weighted by molar-refractivity contribution is 5.82. The Balaban J connectivity index is 4.54. The van der Waals surface area contributed by atoms with Crippen molar-refractivity contribution < 1.29 is 0 Å². The van der Waals surface area contributed by atoms with Gasteiger partial charge in [0.1, 0.15) is 5.84 Å². The summed E-state index contributed by atoms with van der Waals surface area (Å²) in [5.74, 6) is 0.982. The number of aliphatic imine (C=N–C) groups is 1. The highest BCUT2D eigenvalue weighted by atomic mass is 15.5. The van der Waals surface area contributed by atoms with Crippen LogP contribution in [0.3, 0.4) is 0 Å². The summed E-state index contributed by atoms with van der Waals surface area (Å²) in [5.41, 5.74) is 1.28. The minimum atomic E-state index is 0.890. The van der Waals surface area contributed by atoms with Gasteiger partial charge in [-0.25, -0.2) is 4.99 Å². The Labute approximate surface area is 87.2 Å². The Bertz CT molecular complexity index is 239. The number of rotatable bonds is 4. The van der Waals surface area contributed by atoms with E-state index in [-0.39, 0.29) is 0 Å². The minimum Gasteiger partial charge on any atom is -0.255 e. The summed E-state index contributed by atoms with van der Waals surface area (Å²) in [5, 5.41) is 5.95. The number of amidine groups is 1. The summed E-state index contributed by atoms with van der Waals surface area (Å²) < 4.78 is 0. The van der Waals surface area contributed by atoms with Crippen LogP contribution in [0.15, 0.2) is 21.9 Å². The van der Waals surface area contributed by atoms with Gasteiger partial charge in [0.15, 0.2) is 0 Å². The number of hydrogen-bond donors (Lipinski definition) is 0. The van der Waals surface area contributed by atoms with Gasteiger partial charge in [-0.05, 0) is 20.3 Å². The summed E-state index contributed by atoms with van der Waals surface area (Å²) in [6.45, 7) is 8.19. The molecule has 0 aromatic heterocycles. The number of nitrogens with zero attached hydrogens (tertiary/aromatic N) is 3. The van der Waals surface area contributed by atoms with Crippen LogP contribution in [0.25, 0.3) is 0 Å². The van der Waals surface area contributed by atoms with Crippen LogP contribution in [0.5, 0.6) is 0 Å². The summed E-state index contributed by atoms with van der Waals surface area (Å²) in [6, 6.07) is 0. The van der Waals surface area contributed by atoms with E-state index in [4.69, 9.17) is 0 Å². The molecule has 0 atom stereocenters. The lowest BCUT2D eigenvalue weighted by atomic mass is 10.3. The molecule has 0 aromatic carbocycles. The lowest BCUT2D eigenvalue weighted by Gasteiger charge is -2.13. The van der Waals surface area contributed by atoms with Gasteiger partial charge in [-0.1, -0.05) is 19.4 Å². The molecule has 0 aliphatic heterocycles. The fourth-order valence-corrected chi connectivity index (χ4v) is 0.920. The quantitative estimate of drug-likeness (QED) is 0.385. The van der Waals surface area contributed by atoms with Crippen molar-refractivity contribution in [3.05, 3.63) is 11.8 Å². The van der Waals surface area contributed by atoms with E-state index in [2.05, 4.69) is 30.9 Å². The molecule has 3 heteroatoms. The fraction of sp³-hybridized carbons (Fsp3) is 0.636. The average molecular weight is 195 g/mol. The van der Waals surface area contributed by atoms with Gasteiger partial charge in [0.05, 0.1) is 0 Å². The first-order chi connectivity index (χ1) is 6.65. The molecule has 14 heavy (non-hydrogen) atoms. The molecule has 0 unspecified atom stereocenters. The van der Waals surface area contributed by atoms with Gasteiger partial charge < -0.3 is 0 Å². The van der Waals surface area contributed by atoms with Crippen molar-refractivity contribution in [2.24, 2.45) is 10.1 Å². The SMILES string of the molecule is C/C=N\N(C)/C(CC)=N/C=C(/C)CC. The standard InChI is InChI=1S/C11H21N3/c1-6-10(4)9-12-11(7-2)14(5)13-8-3/h8-9H,6-7H2,1-5H3/b10-9-,12-11+,13-8-. The van der Waals surface area contributed by atoms with Gasteiger partial charge in [-0.15, -0.1) is 0 Å². The van der Waals surface area contributed by atoms with E-state index < -0.39 is 0 Å². The maximum Gasteiger partial charge on any atom is 0.124 e. The van der Waals surface area contributed by atoms with Crippen LogP contribution in [0.4, 0.5) is 0 Å². The van der Waals surface area contributed by atoms with Crippen LogP contribution < -0.4 is 0 Å². The Morgan fingerprint density at radius 3 is 2.36 bits per heavy atom. The topological polar surface area (TPSA) is 28.0 Å². The van der Waals surface area contributed by atoms with Crippen molar-refractivity contribution in [3.63, 3.8) is 0 Å². The van der Waals surface area contributed by atoms with E-state index in [9.17, 15) is 0 Å². The zero-order valence-electron chi connectivity index (χ0n) is 9.91. The molecule has 0 rings (SSSR count). The molecule has 0 saturated heterocycles. The first-order valence-electron chi connectivity index (χ1n) is 5.10. The number of hydrogen-bond acceptors (Lipinski definition) is 2. The lowest BCUT2D eigenvalue weighted by Crippen LogP contribution is -2.19. The molecule has 80 valence electrons. The predicted molar refractivity (Wildman–Crippen MR) is 63.7 cm³/mol. The lowest BCUT2D eigenvalue weighted by molar-refractivity contribution is 0.535. The summed E-state index contributed by atoms with van der Waals surface area (Å²) in [6.07, 6.45) is 5.62. The molecule has 0 N–H and O–H groups in total. The van der Waals surface area contributed by atoms with E-state index in [0.29, 0.717) is 0 Å². The highest BCUT2D eigenvalue weighted by Crippen LogP contribution is 2.01. The van der Waals surface area contributed by atoms with Crippen LogP contribution >= 0.6 is 0 Å². The Morgan fingerprint density at radius 2 is 1.93 bits per heavy atom. The second kappa shape index (κ2) is 7.30. The van der Waals surface area contributed by atoms with E-state index in [0.717, 1.165) is 18.7 Å². The molecule has 0 radical (unpaired) electrons. The van der Waals surface area contributed by atoms with Gasteiger partial charge in [-0.2, -0.15) is 5.10 Å². The first kappa shape index (κ1) is 12.9. The van der Waals surface area contributed by atoms with Gasteiger partial charge >= 0.3 is 0 Å². The van der Waals surface area contributed by atoms with Crippen LogP contribution in [0.1, 0.15) is 40.5 Å². The zero-order valence-corrected chi connectivity index (χ0v) is 9.91. The first-order valence-corrected chi connectivity index (χ1v) is 5.10. The number of allylic oxidation sites excluding steroid dienone is 1. The van der Waals surface area contributed by atoms with Gasteiger partial charge in [0, 0.05) is 25.9 Å². The molecule has 0 aromatic rings. The Hall–Kier alpha value is -1.12. The smallest absolute Gasteiger partial charge is 0.124 e. The highest BCUT2D eigenvalue weighted by Gasteiger charge is 1.99. The Morgan fingerprint density at radius 1 is 1.29 bits per heavy atom.